The van der Waals surface area contributed by atoms with E-state index in [0.717, 1.165) is 12.8 Å². The molecule has 0 unspecified atom stereocenters. The molecule has 0 amide bonds. The first-order valence-corrected chi connectivity index (χ1v) is 16.7. The van der Waals surface area contributed by atoms with Crippen LogP contribution in [0.1, 0.15) is 52.6 Å². The molecule has 0 spiro atoms. The molecule has 0 aromatic heterocycles. The summed E-state index contributed by atoms with van der Waals surface area (Å²) in [6.07, 6.45) is 3.40. The lowest BCUT2D eigenvalue weighted by Gasteiger charge is -2.26. The minimum atomic E-state index is 1.11. The number of rotatable bonds is 8. The van der Waals surface area contributed by atoms with Crippen LogP contribution >= 0.6 is 0 Å². The van der Waals surface area contributed by atoms with E-state index in [1.54, 1.807) is 0 Å². The Morgan fingerprint density at radius 2 is 0.511 bits per heavy atom. The van der Waals surface area contributed by atoms with Crippen LogP contribution in [0.2, 0.25) is 0 Å². The van der Waals surface area contributed by atoms with Crippen LogP contribution < -0.4 is 9.80 Å². The molecule has 0 saturated heterocycles. The van der Waals surface area contributed by atoms with Gasteiger partial charge in [-0.1, -0.05) is 95.1 Å². The molecule has 2 heteroatoms. The zero-order chi connectivity index (χ0) is 32.3. The Balaban J connectivity index is 1.20. The number of nitrogens with zero attached hydrogens (tertiary/aromatic N) is 2. The molecule has 0 radical (unpaired) electrons. The molecule has 1 aliphatic rings. The molecular formula is C45H42N2. The van der Waals surface area contributed by atoms with E-state index in [4.69, 9.17) is 0 Å². The van der Waals surface area contributed by atoms with Gasteiger partial charge in [-0.15, -0.1) is 0 Å². The predicted octanol–water partition coefficient (Wildman–Crippen LogP) is 13.0. The Morgan fingerprint density at radius 1 is 0.298 bits per heavy atom. The summed E-state index contributed by atoms with van der Waals surface area (Å²) in [7, 11) is 0. The van der Waals surface area contributed by atoms with Crippen LogP contribution in [0.3, 0.4) is 0 Å². The Morgan fingerprint density at radius 3 is 0.745 bits per heavy atom. The molecule has 0 N–H and O–H groups in total. The summed E-state index contributed by atoms with van der Waals surface area (Å²) in [5.74, 6) is 0. The van der Waals surface area contributed by atoms with Crippen molar-refractivity contribution in [2.75, 3.05) is 9.80 Å². The van der Waals surface area contributed by atoms with E-state index in [9.17, 15) is 0 Å². The van der Waals surface area contributed by atoms with Gasteiger partial charge in [-0.2, -0.15) is 0 Å². The first kappa shape index (κ1) is 30.3. The molecule has 0 atom stereocenters. The lowest BCUT2D eigenvalue weighted by atomic mass is 9.96. The van der Waals surface area contributed by atoms with Gasteiger partial charge in [0, 0.05) is 34.1 Å². The SMILES string of the molecule is Cc1ccc(N(c2ccc(C)cc2)c2ccc(C3=C(c4ccc(N(c5ccc(C)cc5)c5ccc(C)cc5)cc4)CCC3)cc2)cc1. The minimum Gasteiger partial charge on any atom is -0.311 e. The lowest BCUT2D eigenvalue weighted by Crippen LogP contribution is -2.10. The van der Waals surface area contributed by atoms with E-state index in [-0.39, 0.29) is 0 Å². The summed E-state index contributed by atoms with van der Waals surface area (Å²) in [6, 6.07) is 53.6. The van der Waals surface area contributed by atoms with Gasteiger partial charge in [0.2, 0.25) is 0 Å². The Hall–Kier alpha value is -5.34. The molecule has 0 saturated carbocycles. The van der Waals surface area contributed by atoms with Crippen molar-refractivity contribution in [1.29, 1.82) is 0 Å². The topological polar surface area (TPSA) is 6.48 Å². The summed E-state index contributed by atoms with van der Waals surface area (Å²) < 4.78 is 0. The maximum absolute atomic E-state index is 2.35. The van der Waals surface area contributed by atoms with Crippen molar-refractivity contribution >= 4 is 45.3 Å². The van der Waals surface area contributed by atoms with Crippen molar-refractivity contribution in [2.24, 2.45) is 0 Å². The molecule has 0 aliphatic heterocycles. The standard InChI is InChI=1S/C45H42N2/c1-32-8-20-38(21-9-32)46(39-22-10-33(2)11-23-39)42-28-16-36(17-29-42)44-6-5-7-45(44)37-18-30-43(31-19-37)47(40-24-12-34(3)13-25-40)41-26-14-35(4)15-27-41/h8-31H,5-7H2,1-4H3. The molecule has 0 heterocycles. The Kier molecular flexibility index (Phi) is 8.50. The van der Waals surface area contributed by atoms with Crippen molar-refractivity contribution in [3.05, 3.63) is 179 Å². The third-order valence-electron chi connectivity index (χ3n) is 9.33. The van der Waals surface area contributed by atoms with Gasteiger partial charge < -0.3 is 9.80 Å². The number of hydrogen-bond donors (Lipinski definition) is 0. The fourth-order valence-electron chi connectivity index (χ4n) is 6.67. The maximum atomic E-state index is 2.35. The fraction of sp³-hybridized carbons (Fsp3) is 0.156. The molecule has 47 heavy (non-hydrogen) atoms. The quantitative estimate of drug-likeness (QED) is 0.169. The highest BCUT2D eigenvalue weighted by Crippen LogP contribution is 2.43. The van der Waals surface area contributed by atoms with Crippen LogP contribution in [-0.4, -0.2) is 0 Å². The molecule has 7 rings (SSSR count). The first-order valence-electron chi connectivity index (χ1n) is 16.7. The van der Waals surface area contributed by atoms with Gasteiger partial charge in [0.25, 0.3) is 0 Å². The van der Waals surface area contributed by atoms with E-state index in [1.807, 2.05) is 0 Å². The molecule has 1 aliphatic carbocycles. The van der Waals surface area contributed by atoms with Crippen LogP contribution in [-0.2, 0) is 0 Å². The molecular weight excluding hydrogens is 569 g/mol. The molecule has 6 aromatic rings. The highest BCUT2D eigenvalue weighted by molar-refractivity contribution is 5.94. The van der Waals surface area contributed by atoms with Crippen molar-refractivity contribution in [2.45, 2.75) is 47.0 Å². The Labute approximate surface area is 280 Å². The van der Waals surface area contributed by atoms with Gasteiger partial charge in [0.1, 0.15) is 0 Å². The fourth-order valence-corrected chi connectivity index (χ4v) is 6.67. The zero-order valence-corrected chi connectivity index (χ0v) is 27.9. The first-order chi connectivity index (χ1) is 22.9. The maximum Gasteiger partial charge on any atom is 0.0462 e. The molecule has 0 fully saturated rings. The van der Waals surface area contributed by atoms with Crippen LogP contribution in [0.15, 0.2) is 146 Å². The minimum absolute atomic E-state index is 1.11. The van der Waals surface area contributed by atoms with E-state index in [0.29, 0.717) is 0 Å². The normalized spacial score (nSPS) is 12.8. The van der Waals surface area contributed by atoms with Crippen molar-refractivity contribution in [3.63, 3.8) is 0 Å². The largest absolute Gasteiger partial charge is 0.311 e. The summed E-state index contributed by atoms with van der Waals surface area (Å²) >= 11 is 0. The van der Waals surface area contributed by atoms with E-state index in [1.165, 1.54) is 85.1 Å². The van der Waals surface area contributed by atoms with Gasteiger partial charge >= 0.3 is 0 Å². The number of aryl methyl sites for hydroxylation is 4. The summed E-state index contributed by atoms with van der Waals surface area (Å²) in [4.78, 5) is 4.69. The summed E-state index contributed by atoms with van der Waals surface area (Å²) in [5, 5.41) is 0. The van der Waals surface area contributed by atoms with Gasteiger partial charge in [0.05, 0.1) is 0 Å². The van der Waals surface area contributed by atoms with Gasteiger partial charge in [-0.05, 0) is 142 Å². The average molecular weight is 611 g/mol. The molecule has 232 valence electrons. The summed E-state index contributed by atoms with van der Waals surface area (Å²) in [5.41, 5.74) is 17.6. The highest BCUT2D eigenvalue weighted by atomic mass is 15.1. The van der Waals surface area contributed by atoms with Crippen molar-refractivity contribution in [1.82, 2.24) is 0 Å². The second-order valence-electron chi connectivity index (χ2n) is 12.9. The smallest absolute Gasteiger partial charge is 0.0462 e. The zero-order valence-electron chi connectivity index (χ0n) is 27.9. The lowest BCUT2D eigenvalue weighted by molar-refractivity contribution is 0.942. The van der Waals surface area contributed by atoms with Gasteiger partial charge in [-0.3, -0.25) is 0 Å². The number of anilines is 6. The molecule has 6 aromatic carbocycles. The second kappa shape index (κ2) is 13.2. The number of benzene rings is 6. The van der Waals surface area contributed by atoms with Crippen molar-refractivity contribution < 1.29 is 0 Å². The van der Waals surface area contributed by atoms with E-state index < -0.39 is 0 Å². The molecule has 2 nitrogen and oxygen atoms in total. The van der Waals surface area contributed by atoms with Crippen LogP contribution in [0.25, 0.3) is 11.1 Å². The van der Waals surface area contributed by atoms with E-state index >= 15 is 0 Å². The monoisotopic (exact) mass is 610 g/mol. The van der Waals surface area contributed by atoms with E-state index in [2.05, 4.69) is 183 Å². The van der Waals surface area contributed by atoms with Gasteiger partial charge in [-0.25, -0.2) is 0 Å². The Bertz CT molecular complexity index is 1740. The third-order valence-corrected chi connectivity index (χ3v) is 9.33. The van der Waals surface area contributed by atoms with Crippen LogP contribution in [0.4, 0.5) is 34.1 Å². The molecule has 0 bridgehead atoms. The van der Waals surface area contributed by atoms with Crippen LogP contribution in [0, 0.1) is 27.7 Å². The average Bonchev–Trinajstić information content (AvgIpc) is 3.59. The van der Waals surface area contributed by atoms with Crippen molar-refractivity contribution in [3.8, 4) is 0 Å². The number of hydrogen-bond acceptors (Lipinski definition) is 2. The summed E-state index contributed by atoms with van der Waals surface area (Å²) in [6.45, 7) is 8.55. The van der Waals surface area contributed by atoms with Crippen LogP contribution in [0.5, 0.6) is 0 Å². The number of allylic oxidation sites excluding steroid dienone is 2. The third kappa shape index (κ3) is 6.50. The highest BCUT2D eigenvalue weighted by Gasteiger charge is 2.20. The predicted molar refractivity (Wildman–Crippen MR) is 202 cm³/mol. The van der Waals surface area contributed by atoms with Gasteiger partial charge in [0.15, 0.2) is 0 Å². The second-order valence-corrected chi connectivity index (χ2v) is 12.9.